The molecule has 2 atom stereocenters. The monoisotopic (exact) mass is 320 g/mol. The highest BCUT2D eigenvalue weighted by Crippen LogP contribution is 2.33. The number of aryl methyl sites for hydroxylation is 2. The zero-order chi connectivity index (χ0) is 15.7. The maximum atomic E-state index is 13.2. The van der Waals surface area contributed by atoms with Crippen LogP contribution in [0.15, 0.2) is 47.4 Å². The lowest BCUT2D eigenvalue weighted by atomic mass is 10.0. The van der Waals surface area contributed by atoms with Gasteiger partial charge in [-0.25, -0.2) is 4.39 Å². The standard InChI is InChI=1S/C17H17FO3S/c1-12-2-5-15(6-3-12)22(20)11-17(19)9-8-13-10-14(18)4-7-16(13)21-17/h2-7,10,19H,8-9,11H2,1H3. The summed E-state index contributed by atoms with van der Waals surface area (Å²) in [5.74, 6) is -1.36. The third-order valence-electron chi connectivity index (χ3n) is 3.75. The fraction of sp³-hybridized carbons (Fsp3) is 0.294. The van der Waals surface area contributed by atoms with Crippen molar-refractivity contribution in [2.45, 2.75) is 30.4 Å². The predicted molar refractivity (Wildman–Crippen MR) is 82.8 cm³/mol. The molecule has 1 aliphatic heterocycles. The van der Waals surface area contributed by atoms with Gasteiger partial charge in [-0.15, -0.1) is 0 Å². The molecule has 116 valence electrons. The van der Waals surface area contributed by atoms with Gasteiger partial charge in [-0.2, -0.15) is 0 Å². The van der Waals surface area contributed by atoms with Gasteiger partial charge in [0, 0.05) is 11.3 Å². The first-order valence-electron chi connectivity index (χ1n) is 7.10. The molecule has 0 radical (unpaired) electrons. The van der Waals surface area contributed by atoms with Crippen LogP contribution in [0, 0.1) is 12.7 Å². The Morgan fingerprint density at radius 1 is 1.27 bits per heavy atom. The Labute approximate surface area is 131 Å². The zero-order valence-electron chi connectivity index (χ0n) is 12.2. The summed E-state index contributed by atoms with van der Waals surface area (Å²) in [5, 5.41) is 10.6. The molecule has 0 spiro atoms. The molecule has 0 amide bonds. The van der Waals surface area contributed by atoms with Crippen molar-refractivity contribution in [1.29, 1.82) is 0 Å². The Kier molecular flexibility index (Phi) is 4.02. The summed E-state index contributed by atoms with van der Waals surface area (Å²) >= 11 is 0. The first-order valence-corrected chi connectivity index (χ1v) is 8.42. The summed E-state index contributed by atoms with van der Waals surface area (Å²) in [5.41, 5.74) is 1.81. The molecule has 2 aromatic carbocycles. The predicted octanol–water partition coefficient (Wildman–Crippen LogP) is 2.96. The van der Waals surface area contributed by atoms with Crippen molar-refractivity contribution in [3.8, 4) is 5.75 Å². The molecule has 22 heavy (non-hydrogen) atoms. The van der Waals surface area contributed by atoms with Crippen LogP contribution in [-0.2, 0) is 17.2 Å². The number of rotatable bonds is 3. The minimum Gasteiger partial charge on any atom is -0.461 e. The normalized spacial score (nSPS) is 21.8. The summed E-state index contributed by atoms with van der Waals surface area (Å²) in [6.45, 7) is 1.96. The van der Waals surface area contributed by atoms with Gasteiger partial charge in [-0.3, -0.25) is 4.21 Å². The Balaban J connectivity index is 1.76. The molecule has 2 unspecified atom stereocenters. The molecule has 0 aromatic heterocycles. The van der Waals surface area contributed by atoms with Crippen LogP contribution in [0.4, 0.5) is 4.39 Å². The second kappa shape index (κ2) is 5.82. The number of hydrogen-bond donors (Lipinski definition) is 1. The highest BCUT2D eigenvalue weighted by atomic mass is 32.2. The molecule has 0 aliphatic carbocycles. The summed E-state index contributed by atoms with van der Waals surface area (Å²) in [4.78, 5) is 0.660. The molecule has 0 fully saturated rings. The van der Waals surface area contributed by atoms with Crippen molar-refractivity contribution >= 4 is 10.8 Å². The molecule has 0 bridgehead atoms. The zero-order valence-corrected chi connectivity index (χ0v) is 13.0. The van der Waals surface area contributed by atoms with Crippen LogP contribution in [0.2, 0.25) is 0 Å². The van der Waals surface area contributed by atoms with Gasteiger partial charge in [-0.1, -0.05) is 17.7 Å². The van der Waals surface area contributed by atoms with Crippen molar-refractivity contribution in [2.24, 2.45) is 0 Å². The van der Waals surface area contributed by atoms with Crippen LogP contribution in [0.25, 0.3) is 0 Å². The van der Waals surface area contributed by atoms with E-state index in [0.29, 0.717) is 23.5 Å². The third kappa shape index (κ3) is 3.20. The van der Waals surface area contributed by atoms with E-state index in [0.717, 1.165) is 11.1 Å². The number of benzene rings is 2. The van der Waals surface area contributed by atoms with Crippen LogP contribution in [0.1, 0.15) is 17.5 Å². The van der Waals surface area contributed by atoms with Crippen molar-refractivity contribution in [3.05, 3.63) is 59.4 Å². The topological polar surface area (TPSA) is 46.5 Å². The van der Waals surface area contributed by atoms with Gasteiger partial charge in [0.15, 0.2) is 0 Å². The molecule has 1 heterocycles. The van der Waals surface area contributed by atoms with Crippen molar-refractivity contribution in [2.75, 3.05) is 5.75 Å². The molecule has 1 N–H and O–H groups in total. The van der Waals surface area contributed by atoms with E-state index in [1.807, 2.05) is 19.1 Å². The molecular formula is C17H17FO3S. The van der Waals surface area contributed by atoms with E-state index >= 15 is 0 Å². The van der Waals surface area contributed by atoms with Gasteiger partial charge in [0.1, 0.15) is 11.6 Å². The largest absolute Gasteiger partial charge is 0.461 e. The third-order valence-corrected chi connectivity index (χ3v) is 5.26. The molecule has 0 saturated carbocycles. The SMILES string of the molecule is Cc1ccc(S(=O)CC2(O)CCc3cc(F)ccc3O2)cc1. The highest BCUT2D eigenvalue weighted by molar-refractivity contribution is 7.85. The number of fused-ring (bicyclic) bond motifs is 1. The van der Waals surface area contributed by atoms with Gasteiger partial charge in [-0.05, 0) is 49.2 Å². The smallest absolute Gasteiger partial charge is 0.220 e. The van der Waals surface area contributed by atoms with Crippen molar-refractivity contribution in [3.63, 3.8) is 0 Å². The fourth-order valence-electron chi connectivity index (χ4n) is 2.51. The molecule has 0 saturated heterocycles. The quantitative estimate of drug-likeness (QED) is 0.946. The van der Waals surface area contributed by atoms with Crippen LogP contribution in [0.5, 0.6) is 5.75 Å². The Morgan fingerprint density at radius 2 is 2.00 bits per heavy atom. The first kappa shape index (κ1) is 15.2. The van der Waals surface area contributed by atoms with Crippen molar-refractivity contribution < 1.29 is 18.4 Å². The van der Waals surface area contributed by atoms with E-state index in [1.54, 1.807) is 12.1 Å². The van der Waals surface area contributed by atoms with Crippen LogP contribution < -0.4 is 4.74 Å². The van der Waals surface area contributed by atoms with Crippen molar-refractivity contribution in [1.82, 2.24) is 0 Å². The number of ether oxygens (including phenoxy) is 1. The lowest BCUT2D eigenvalue weighted by molar-refractivity contribution is -0.130. The Hall–Kier alpha value is -1.72. The molecule has 3 rings (SSSR count). The summed E-state index contributed by atoms with van der Waals surface area (Å²) in [7, 11) is -1.36. The minimum atomic E-state index is -1.49. The van der Waals surface area contributed by atoms with E-state index in [9.17, 15) is 13.7 Å². The van der Waals surface area contributed by atoms with Gasteiger partial charge in [0.05, 0.1) is 16.6 Å². The van der Waals surface area contributed by atoms with Crippen LogP contribution in [-0.4, -0.2) is 20.9 Å². The van der Waals surface area contributed by atoms with E-state index < -0.39 is 16.6 Å². The van der Waals surface area contributed by atoms with E-state index in [-0.39, 0.29) is 11.6 Å². The number of halogens is 1. The van der Waals surface area contributed by atoms with E-state index in [4.69, 9.17) is 4.74 Å². The summed E-state index contributed by atoms with van der Waals surface area (Å²) in [6, 6.07) is 11.6. The van der Waals surface area contributed by atoms with Crippen LogP contribution in [0.3, 0.4) is 0 Å². The second-order valence-corrected chi connectivity index (χ2v) is 7.05. The van der Waals surface area contributed by atoms with E-state index in [2.05, 4.69) is 0 Å². The maximum Gasteiger partial charge on any atom is 0.220 e. The average Bonchev–Trinajstić information content (AvgIpc) is 2.48. The Morgan fingerprint density at radius 3 is 2.73 bits per heavy atom. The number of aliphatic hydroxyl groups is 1. The first-order chi connectivity index (χ1) is 10.5. The molecule has 1 aliphatic rings. The number of hydrogen-bond acceptors (Lipinski definition) is 3. The average molecular weight is 320 g/mol. The summed E-state index contributed by atoms with van der Waals surface area (Å²) < 4.78 is 31.2. The lowest BCUT2D eigenvalue weighted by Gasteiger charge is -2.33. The van der Waals surface area contributed by atoms with Gasteiger partial charge in [0.2, 0.25) is 5.79 Å². The molecule has 3 nitrogen and oxygen atoms in total. The fourth-order valence-corrected chi connectivity index (χ4v) is 3.73. The lowest BCUT2D eigenvalue weighted by Crippen LogP contribution is -2.44. The maximum absolute atomic E-state index is 13.2. The molecular weight excluding hydrogens is 303 g/mol. The molecule has 5 heteroatoms. The van der Waals surface area contributed by atoms with Gasteiger partial charge < -0.3 is 9.84 Å². The minimum absolute atomic E-state index is 0.00707. The van der Waals surface area contributed by atoms with Gasteiger partial charge >= 0.3 is 0 Å². The highest BCUT2D eigenvalue weighted by Gasteiger charge is 2.36. The van der Waals surface area contributed by atoms with Gasteiger partial charge in [0.25, 0.3) is 0 Å². The Bertz CT molecular complexity index is 714. The van der Waals surface area contributed by atoms with Crippen LogP contribution >= 0.6 is 0 Å². The second-order valence-electron chi connectivity index (χ2n) is 5.60. The van der Waals surface area contributed by atoms with E-state index in [1.165, 1.54) is 18.2 Å². The summed E-state index contributed by atoms with van der Waals surface area (Å²) in [6.07, 6.45) is 0.787. The molecule has 2 aromatic rings.